The molecule has 0 saturated carbocycles. The van der Waals surface area contributed by atoms with Crippen molar-refractivity contribution in [3.05, 3.63) is 44.0 Å². The van der Waals surface area contributed by atoms with Gasteiger partial charge in [0.1, 0.15) is 6.04 Å². The lowest BCUT2D eigenvalue weighted by Crippen LogP contribution is -2.42. The number of hydrogen-bond acceptors (Lipinski definition) is 7. The van der Waals surface area contributed by atoms with Gasteiger partial charge in [-0.15, -0.1) is 0 Å². The Bertz CT molecular complexity index is 810. The summed E-state index contributed by atoms with van der Waals surface area (Å²) in [7, 11) is 0. The molecule has 0 saturated heterocycles. The summed E-state index contributed by atoms with van der Waals surface area (Å²) in [4.78, 5) is 45.8. The second-order valence-corrected chi connectivity index (χ2v) is 9.26. The molecule has 0 fully saturated rings. The molecule has 1 N–H and O–H groups in total. The molecular formula is C25H39N3O7. The highest BCUT2D eigenvalue weighted by molar-refractivity contribution is 5.98. The standard InChI is InChI=1S/C25H39N3O7/c1-4-5-6-7-8-9-10-11-12-13-14-35-25(30)23(15-19(2)3)26-24(29)20-16-21(27(31)32)18-22(17-20)28(33)34/h16-19,23H,4-15H2,1-3H3,(H,26,29). The van der Waals surface area contributed by atoms with E-state index in [1.807, 2.05) is 13.8 Å². The van der Waals surface area contributed by atoms with E-state index in [4.69, 9.17) is 4.74 Å². The Morgan fingerprint density at radius 2 is 1.34 bits per heavy atom. The van der Waals surface area contributed by atoms with Crippen LogP contribution < -0.4 is 5.32 Å². The van der Waals surface area contributed by atoms with E-state index in [1.165, 1.54) is 44.9 Å². The fourth-order valence-corrected chi connectivity index (χ4v) is 3.73. The van der Waals surface area contributed by atoms with Crippen LogP contribution in [0, 0.1) is 26.1 Å². The van der Waals surface area contributed by atoms with Gasteiger partial charge in [0.15, 0.2) is 0 Å². The maximum atomic E-state index is 12.7. The topological polar surface area (TPSA) is 142 Å². The monoisotopic (exact) mass is 493 g/mol. The van der Waals surface area contributed by atoms with Gasteiger partial charge in [0.05, 0.1) is 28.1 Å². The molecule has 1 unspecified atom stereocenters. The van der Waals surface area contributed by atoms with Crippen LogP contribution in [0.15, 0.2) is 18.2 Å². The first-order chi connectivity index (χ1) is 16.6. The number of non-ortho nitro benzene ring substituents is 2. The van der Waals surface area contributed by atoms with Gasteiger partial charge in [0.25, 0.3) is 17.3 Å². The zero-order valence-corrected chi connectivity index (χ0v) is 21.1. The molecule has 0 aliphatic heterocycles. The second kappa shape index (κ2) is 16.6. The van der Waals surface area contributed by atoms with Crippen molar-refractivity contribution in [3.63, 3.8) is 0 Å². The Morgan fingerprint density at radius 3 is 1.80 bits per heavy atom. The average Bonchev–Trinajstić information content (AvgIpc) is 2.81. The van der Waals surface area contributed by atoms with Gasteiger partial charge < -0.3 is 10.1 Å². The fourth-order valence-electron chi connectivity index (χ4n) is 3.73. The molecule has 35 heavy (non-hydrogen) atoms. The SMILES string of the molecule is CCCCCCCCCCCCOC(=O)C(CC(C)C)NC(=O)c1cc([N+](=O)[O-])cc([N+](=O)[O-])c1. The summed E-state index contributed by atoms with van der Waals surface area (Å²) in [6.45, 7) is 6.22. The van der Waals surface area contributed by atoms with Gasteiger partial charge in [-0.25, -0.2) is 4.79 Å². The van der Waals surface area contributed by atoms with Crippen LogP contribution in [-0.2, 0) is 9.53 Å². The maximum Gasteiger partial charge on any atom is 0.328 e. The lowest BCUT2D eigenvalue weighted by Gasteiger charge is -2.19. The molecule has 1 atom stereocenters. The Labute approximate surface area is 207 Å². The molecule has 0 heterocycles. The van der Waals surface area contributed by atoms with E-state index >= 15 is 0 Å². The van der Waals surface area contributed by atoms with Gasteiger partial charge in [0, 0.05) is 12.1 Å². The molecule has 0 spiro atoms. The number of nitro benzene ring substituents is 2. The summed E-state index contributed by atoms with van der Waals surface area (Å²) < 4.78 is 5.37. The number of esters is 1. The third kappa shape index (κ3) is 12.3. The second-order valence-electron chi connectivity index (χ2n) is 9.26. The van der Waals surface area contributed by atoms with Crippen molar-refractivity contribution < 1.29 is 24.2 Å². The van der Waals surface area contributed by atoms with Crippen molar-refractivity contribution in [2.24, 2.45) is 5.92 Å². The smallest absolute Gasteiger partial charge is 0.328 e. The van der Waals surface area contributed by atoms with Crippen LogP contribution in [0.1, 0.15) is 102 Å². The lowest BCUT2D eigenvalue weighted by atomic mass is 10.0. The number of hydrogen-bond donors (Lipinski definition) is 1. The summed E-state index contributed by atoms with van der Waals surface area (Å²) in [5.41, 5.74) is -1.41. The molecular weight excluding hydrogens is 454 g/mol. The number of nitrogens with one attached hydrogen (secondary N) is 1. The largest absolute Gasteiger partial charge is 0.464 e. The summed E-state index contributed by atoms with van der Waals surface area (Å²) in [6.07, 6.45) is 11.9. The quantitative estimate of drug-likeness (QED) is 0.112. The molecule has 1 amide bonds. The van der Waals surface area contributed by atoms with Gasteiger partial charge in [-0.3, -0.25) is 25.0 Å². The molecule has 0 bridgehead atoms. The molecule has 10 nitrogen and oxygen atoms in total. The zero-order chi connectivity index (χ0) is 26.2. The first-order valence-electron chi connectivity index (χ1n) is 12.6. The average molecular weight is 494 g/mol. The van der Waals surface area contributed by atoms with Gasteiger partial charge in [-0.05, 0) is 18.8 Å². The van der Waals surface area contributed by atoms with Gasteiger partial charge in [-0.1, -0.05) is 78.6 Å². The van der Waals surface area contributed by atoms with Gasteiger partial charge >= 0.3 is 5.97 Å². The Kier molecular flexibility index (Phi) is 14.2. The normalized spacial score (nSPS) is 11.8. The summed E-state index contributed by atoms with van der Waals surface area (Å²) in [5, 5.41) is 24.7. The van der Waals surface area contributed by atoms with Gasteiger partial charge in [-0.2, -0.15) is 0 Å². The predicted octanol–water partition coefficient (Wildman–Crippen LogP) is 6.11. The molecule has 1 aromatic carbocycles. The minimum atomic E-state index is -0.955. The van der Waals surface area contributed by atoms with Gasteiger partial charge in [0.2, 0.25) is 0 Å². The van der Waals surface area contributed by atoms with Crippen molar-refractivity contribution in [1.29, 1.82) is 0 Å². The summed E-state index contributed by atoms with van der Waals surface area (Å²) in [5.74, 6) is -1.33. The third-order valence-corrected chi connectivity index (χ3v) is 5.63. The van der Waals surface area contributed by atoms with Crippen LogP contribution >= 0.6 is 0 Å². The first-order valence-corrected chi connectivity index (χ1v) is 12.6. The van der Waals surface area contributed by atoms with E-state index in [1.54, 1.807) is 0 Å². The van der Waals surface area contributed by atoms with Crippen LogP contribution in [0.3, 0.4) is 0 Å². The first kappa shape index (κ1) is 30.0. The maximum absolute atomic E-state index is 12.7. The van der Waals surface area contributed by atoms with E-state index in [9.17, 15) is 29.8 Å². The number of rotatable bonds is 18. The minimum Gasteiger partial charge on any atom is -0.464 e. The number of carbonyl (C=O) groups excluding carboxylic acids is 2. The molecule has 0 radical (unpaired) electrons. The number of amides is 1. The van der Waals surface area contributed by atoms with Crippen LogP contribution in [0.4, 0.5) is 11.4 Å². The van der Waals surface area contributed by atoms with Crippen LogP contribution in [0.25, 0.3) is 0 Å². The van der Waals surface area contributed by atoms with Crippen LogP contribution in [0.5, 0.6) is 0 Å². The fraction of sp³-hybridized carbons (Fsp3) is 0.680. The minimum absolute atomic E-state index is 0.0598. The number of nitro groups is 2. The lowest BCUT2D eigenvalue weighted by molar-refractivity contribution is -0.394. The van der Waals surface area contributed by atoms with E-state index in [0.717, 1.165) is 37.5 Å². The predicted molar refractivity (Wildman–Crippen MR) is 133 cm³/mol. The van der Waals surface area contributed by atoms with Crippen molar-refractivity contribution in [2.45, 2.75) is 97.4 Å². The zero-order valence-electron chi connectivity index (χ0n) is 21.1. The van der Waals surface area contributed by atoms with Crippen molar-refractivity contribution in [1.82, 2.24) is 5.32 Å². The molecule has 1 aromatic rings. The molecule has 196 valence electrons. The molecule has 0 aliphatic rings. The molecule has 1 rings (SSSR count). The molecule has 0 aromatic heterocycles. The summed E-state index contributed by atoms with van der Waals surface area (Å²) in [6, 6.07) is 1.72. The third-order valence-electron chi connectivity index (χ3n) is 5.63. The number of unbranched alkanes of at least 4 members (excludes halogenated alkanes) is 9. The Balaban J connectivity index is 2.57. The Hall–Kier alpha value is -3.04. The number of benzene rings is 1. The highest BCUT2D eigenvalue weighted by Gasteiger charge is 2.26. The Morgan fingerprint density at radius 1 is 0.857 bits per heavy atom. The van der Waals surface area contributed by atoms with Crippen molar-refractivity contribution >= 4 is 23.3 Å². The van der Waals surface area contributed by atoms with Crippen LogP contribution in [0.2, 0.25) is 0 Å². The van der Waals surface area contributed by atoms with Crippen molar-refractivity contribution in [3.8, 4) is 0 Å². The van der Waals surface area contributed by atoms with E-state index in [-0.39, 0.29) is 18.1 Å². The molecule has 0 aliphatic carbocycles. The van der Waals surface area contributed by atoms with E-state index in [2.05, 4.69) is 12.2 Å². The highest BCUT2D eigenvalue weighted by atomic mass is 16.6. The number of ether oxygens (including phenoxy) is 1. The number of nitrogens with zero attached hydrogens (tertiary/aromatic N) is 2. The van der Waals surface area contributed by atoms with E-state index < -0.39 is 39.1 Å². The molecule has 10 heteroatoms. The van der Waals surface area contributed by atoms with Crippen molar-refractivity contribution in [2.75, 3.05) is 6.61 Å². The number of carbonyl (C=O) groups is 2. The van der Waals surface area contributed by atoms with E-state index in [0.29, 0.717) is 6.42 Å². The highest BCUT2D eigenvalue weighted by Crippen LogP contribution is 2.23. The summed E-state index contributed by atoms with van der Waals surface area (Å²) >= 11 is 0. The van der Waals surface area contributed by atoms with Crippen LogP contribution in [-0.4, -0.2) is 34.4 Å².